The van der Waals surface area contributed by atoms with E-state index in [0.29, 0.717) is 13.0 Å². The smallest absolute Gasteiger partial charge is 0.152 e. The molecule has 1 rings (SSSR count). The third-order valence-electron chi connectivity index (χ3n) is 3.00. The number of rotatable bonds is 7. The minimum absolute atomic E-state index is 0.0546. The van der Waals surface area contributed by atoms with E-state index in [1.807, 2.05) is 20.0 Å². The summed E-state index contributed by atoms with van der Waals surface area (Å²) >= 11 is 0. The van der Waals surface area contributed by atoms with Gasteiger partial charge in [-0.3, -0.25) is 4.68 Å². The SMILES string of the molecule is CCCS(=O)(=O)CCn1cc(CNC(C)(C)C)c(C)n1. The van der Waals surface area contributed by atoms with Gasteiger partial charge in [-0.1, -0.05) is 6.92 Å². The van der Waals surface area contributed by atoms with Gasteiger partial charge in [0.05, 0.1) is 18.0 Å². The Hall–Kier alpha value is -0.880. The zero-order valence-corrected chi connectivity index (χ0v) is 14.0. The highest BCUT2D eigenvalue weighted by atomic mass is 32.2. The first kappa shape index (κ1) is 17.2. The first-order chi connectivity index (χ1) is 9.13. The molecular weight excluding hydrogens is 274 g/mol. The highest BCUT2D eigenvalue weighted by Crippen LogP contribution is 2.09. The molecule has 0 radical (unpaired) electrons. The van der Waals surface area contributed by atoms with Crippen LogP contribution in [0.15, 0.2) is 6.20 Å². The van der Waals surface area contributed by atoms with Gasteiger partial charge in [0.2, 0.25) is 0 Å². The van der Waals surface area contributed by atoms with E-state index < -0.39 is 9.84 Å². The molecule has 0 fully saturated rings. The summed E-state index contributed by atoms with van der Waals surface area (Å²) in [6.45, 7) is 11.4. The first-order valence-electron chi connectivity index (χ1n) is 7.11. The summed E-state index contributed by atoms with van der Waals surface area (Å²) in [7, 11) is -2.95. The van der Waals surface area contributed by atoms with Crippen LogP contribution in [0.4, 0.5) is 0 Å². The molecule has 0 aliphatic carbocycles. The normalized spacial score (nSPS) is 12.8. The van der Waals surface area contributed by atoms with Gasteiger partial charge in [0.1, 0.15) is 0 Å². The van der Waals surface area contributed by atoms with Crippen molar-refractivity contribution < 1.29 is 8.42 Å². The fourth-order valence-electron chi connectivity index (χ4n) is 1.85. The fourth-order valence-corrected chi connectivity index (χ4v) is 3.14. The summed E-state index contributed by atoms with van der Waals surface area (Å²) in [5, 5.41) is 7.80. The van der Waals surface area contributed by atoms with Crippen molar-refractivity contribution in [3.8, 4) is 0 Å². The maximum absolute atomic E-state index is 11.7. The Morgan fingerprint density at radius 3 is 2.50 bits per heavy atom. The van der Waals surface area contributed by atoms with E-state index in [1.165, 1.54) is 0 Å². The second kappa shape index (κ2) is 6.72. The summed E-state index contributed by atoms with van der Waals surface area (Å²) in [5.41, 5.74) is 2.13. The fraction of sp³-hybridized carbons (Fsp3) is 0.786. The van der Waals surface area contributed by atoms with Gasteiger partial charge in [-0.25, -0.2) is 8.42 Å². The first-order valence-corrected chi connectivity index (χ1v) is 8.93. The minimum atomic E-state index is -2.95. The summed E-state index contributed by atoms with van der Waals surface area (Å²) in [6.07, 6.45) is 2.61. The molecule has 1 heterocycles. The van der Waals surface area contributed by atoms with E-state index >= 15 is 0 Å². The van der Waals surface area contributed by atoms with Gasteiger partial charge in [-0.15, -0.1) is 0 Å². The molecule has 20 heavy (non-hydrogen) atoms. The molecule has 0 bridgehead atoms. The van der Waals surface area contributed by atoms with Gasteiger partial charge < -0.3 is 5.32 Å². The number of nitrogens with zero attached hydrogens (tertiary/aromatic N) is 2. The zero-order valence-electron chi connectivity index (χ0n) is 13.2. The Morgan fingerprint density at radius 2 is 1.95 bits per heavy atom. The van der Waals surface area contributed by atoms with E-state index in [1.54, 1.807) is 4.68 Å². The van der Waals surface area contributed by atoms with Crippen molar-refractivity contribution in [3.63, 3.8) is 0 Å². The maximum atomic E-state index is 11.7. The lowest BCUT2D eigenvalue weighted by atomic mass is 10.1. The van der Waals surface area contributed by atoms with E-state index in [-0.39, 0.29) is 17.0 Å². The second-order valence-electron chi connectivity index (χ2n) is 6.26. The topological polar surface area (TPSA) is 64.0 Å². The van der Waals surface area contributed by atoms with E-state index in [9.17, 15) is 8.42 Å². The molecular formula is C14H27N3O2S. The molecule has 5 nitrogen and oxygen atoms in total. The summed E-state index contributed by atoms with van der Waals surface area (Å²) in [4.78, 5) is 0. The van der Waals surface area contributed by atoms with Gasteiger partial charge in [0.25, 0.3) is 0 Å². The summed E-state index contributed by atoms with van der Waals surface area (Å²) in [6, 6.07) is 0. The van der Waals surface area contributed by atoms with Crippen LogP contribution in [0.25, 0.3) is 0 Å². The highest BCUT2D eigenvalue weighted by molar-refractivity contribution is 7.91. The van der Waals surface area contributed by atoms with Crippen molar-refractivity contribution in [2.24, 2.45) is 0 Å². The highest BCUT2D eigenvalue weighted by Gasteiger charge is 2.13. The van der Waals surface area contributed by atoms with Crippen LogP contribution in [0.5, 0.6) is 0 Å². The Morgan fingerprint density at radius 1 is 1.30 bits per heavy atom. The van der Waals surface area contributed by atoms with Crippen LogP contribution in [0.3, 0.4) is 0 Å². The Labute approximate surface area is 122 Å². The van der Waals surface area contributed by atoms with Crippen molar-refractivity contribution >= 4 is 9.84 Å². The molecule has 0 unspecified atom stereocenters. The molecule has 116 valence electrons. The maximum Gasteiger partial charge on any atom is 0.152 e. The molecule has 0 spiro atoms. The third-order valence-corrected chi connectivity index (χ3v) is 4.84. The van der Waals surface area contributed by atoms with Gasteiger partial charge in [-0.05, 0) is 34.1 Å². The van der Waals surface area contributed by atoms with Crippen LogP contribution in [0, 0.1) is 6.92 Å². The summed E-state index contributed by atoms with van der Waals surface area (Å²) < 4.78 is 25.1. The van der Waals surface area contributed by atoms with Crippen LogP contribution < -0.4 is 5.32 Å². The lowest BCUT2D eigenvalue weighted by Gasteiger charge is -2.20. The van der Waals surface area contributed by atoms with Crippen molar-refractivity contribution in [3.05, 3.63) is 17.5 Å². The number of sulfone groups is 1. The lowest BCUT2D eigenvalue weighted by molar-refractivity contribution is 0.423. The molecule has 0 aliphatic heterocycles. The molecule has 1 N–H and O–H groups in total. The molecule has 6 heteroatoms. The van der Waals surface area contributed by atoms with Crippen LogP contribution in [0.1, 0.15) is 45.4 Å². The average molecular weight is 301 g/mol. The van der Waals surface area contributed by atoms with E-state index in [2.05, 4.69) is 31.2 Å². The number of aromatic nitrogens is 2. The monoisotopic (exact) mass is 301 g/mol. The molecule has 0 saturated heterocycles. The van der Waals surface area contributed by atoms with Gasteiger partial charge >= 0.3 is 0 Å². The van der Waals surface area contributed by atoms with Crippen LogP contribution >= 0.6 is 0 Å². The quantitative estimate of drug-likeness (QED) is 0.835. The van der Waals surface area contributed by atoms with Gasteiger partial charge in [0.15, 0.2) is 9.84 Å². The van der Waals surface area contributed by atoms with E-state index in [0.717, 1.165) is 17.8 Å². The van der Waals surface area contributed by atoms with Crippen molar-refractivity contribution in [2.45, 2.75) is 59.7 Å². The minimum Gasteiger partial charge on any atom is -0.308 e. The van der Waals surface area contributed by atoms with Gasteiger partial charge in [0, 0.05) is 29.6 Å². The zero-order chi connectivity index (χ0) is 15.4. The average Bonchev–Trinajstić information content (AvgIpc) is 2.64. The molecule has 0 saturated carbocycles. The number of hydrogen-bond acceptors (Lipinski definition) is 4. The standard InChI is InChI=1S/C14H27N3O2S/c1-6-8-20(18,19)9-7-17-11-13(12(2)16-17)10-15-14(3,4)5/h11,15H,6-10H2,1-5H3. The Balaban J connectivity index is 2.62. The predicted octanol–water partition coefficient (Wildman–Crippen LogP) is 1.90. The second-order valence-corrected chi connectivity index (χ2v) is 8.56. The third kappa shape index (κ3) is 6.05. The molecule has 0 aliphatic rings. The number of hydrogen-bond donors (Lipinski definition) is 1. The molecule has 1 aromatic rings. The number of nitrogens with one attached hydrogen (secondary N) is 1. The Bertz CT molecular complexity index is 527. The van der Waals surface area contributed by atoms with Crippen LogP contribution in [-0.4, -0.2) is 35.2 Å². The van der Waals surface area contributed by atoms with Crippen molar-refractivity contribution in [1.29, 1.82) is 0 Å². The summed E-state index contributed by atoms with van der Waals surface area (Å²) in [5.74, 6) is 0.416. The van der Waals surface area contributed by atoms with Crippen molar-refractivity contribution in [2.75, 3.05) is 11.5 Å². The van der Waals surface area contributed by atoms with Crippen LogP contribution in [0.2, 0.25) is 0 Å². The van der Waals surface area contributed by atoms with Crippen molar-refractivity contribution in [1.82, 2.24) is 15.1 Å². The lowest BCUT2D eigenvalue weighted by Crippen LogP contribution is -2.35. The molecule has 0 atom stereocenters. The Kier molecular flexibility index (Phi) is 5.77. The van der Waals surface area contributed by atoms with Crippen LogP contribution in [-0.2, 0) is 22.9 Å². The molecule has 1 aromatic heterocycles. The van der Waals surface area contributed by atoms with E-state index in [4.69, 9.17) is 0 Å². The molecule has 0 amide bonds. The number of aryl methyl sites for hydroxylation is 2. The largest absolute Gasteiger partial charge is 0.308 e. The van der Waals surface area contributed by atoms with Gasteiger partial charge in [-0.2, -0.15) is 5.10 Å². The molecule has 0 aromatic carbocycles. The predicted molar refractivity (Wildman–Crippen MR) is 82.5 cm³/mol.